The summed E-state index contributed by atoms with van der Waals surface area (Å²) >= 11 is 0. The lowest BCUT2D eigenvalue weighted by molar-refractivity contribution is -0.129. The van der Waals surface area contributed by atoms with Gasteiger partial charge < -0.3 is 11.1 Å². The summed E-state index contributed by atoms with van der Waals surface area (Å²) in [7, 11) is 0. The van der Waals surface area contributed by atoms with Gasteiger partial charge in [-0.05, 0) is 5.56 Å². The molecule has 0 spiro atoms. The second-order valence-corrected chi connectivity index (χ2v) is 3.73. The van der Waals surface area contributed by atoms with E-state index in [4.69, 9.17) is 10.6 Å². The van der Waals surface area contributed by atoms with E-state index in [9.17, 15) is 9.59 Å². The first-order valence-electron chi connectivity index (χ1n) is 5.21. The number of rotatable bonds is 3. The molecule has 90 valence electrons. The van der Waals surface area contributed by atoms with Gasteiger partial charge in [0.2, 0.25) is 5.91 Å². The van der Waals surface area contributed by atoms with Crippen LogP contribution in [-0.2, 0) is 14.4 Å². The van der Waals surface area contributed by atoms with Crippen LogP contribution in [0.2, 0.25) is 0 Å². The molecule has 1 heterocycles. The molecule has 1 saturated heterocycles. The third-order valence-corrected chi connectivity index (χ3v) is 2.50. The van der Waals surface area contributed by atoms with Crippen molar-refractivity contribution in [3.05, 3.63) is 35.9 Å². The van der Waals surface area contributed by atoms with E-state index < -0.39 is 18.0 Å². The van der Waals surface area contributed by atoms with Gasteiger partial charge >= 0.3 is 0 Å². The maximum absolute atomic E-state index is 11.8. The zero-order valence-electron chi connectivity index (χ0n) is 9.05. The minimum Gasteiger partial charge on any atom is -0.340 e. The van der Waals surface area contributed by atoms with Gasteiger partial charge in [0.05, 0.1) is 0 Å². The number of carbonyl (C=O) groups is 2. The smallest absolute Gasteiger partial charge is 0.268 e. The molecule has 2 amide bonds. The fourth-order valence-electron chi connectivity index (χ4n) is 1.52. The monoisotopic (exact) mass is 235 g/mol. The Bertz CT molecular complexity index is 421. The zero-order valence-corrected chi connectivity index (χ0v) is 9.05. The number of hydrogen-bond donors (Lipinski definition) is 3. The van der Waals surface area contributed by atoms with E-state index in [-0.39, 0.29) is 12.5 Å². The summed E-state index contributed by atoms with van der Waals surface area (Å²) in [6.45, 7) is 0.117. The fraction of sp³-hybridized carbons (Fsp3) is 0.273. The molecule has 6 heteroatoms. The van der Waals surface area contributed by atoms with Gasteiger partial charge in [0.1, 0.15) is 18.7 Å². The predicted octanol–water partition coefficient (Wildman–Crippen LogP) is -0.767. The van der Waals surface area contributed by atoms with Crippen molar-refractivity contribution in [1.29, 1.82) is 0 Å². The topological polar surface area (TPSA) is 93.5 Å². The van der Waals surface area contributed by atoms with E-state index in [1.807, 2.05) is 6.07 Å². The second-order valence-electron chi connectivity index (χ2n) is 3.73. The van der Waals surface area contributed by atoms with Crippen molar-refractivity contribution in [3.8, 4) is 0 Å². The van der Waals surface area contributed by atoms with Crippen molar-refractivity contribution in [2.75, 3.05) is 6.61 Å². The van der Waals surface area contributed by atoms with Crippen LogP contribution in [0.25, 0.3) is 0 Å². The van der Waals surface area contributed by atoms with E-state index in [1.54, 1.807) is 24.3 Å². The average Bonchev–Trinajstić information content (AvgIpc) is 2.75. The number of benzene rings is 1. The first-order valence-corrected chi connectivity index (χ1v) is 5.21. The Kier molecular flexibility index (Phi) is 3.36. The van der Waals surface area contributed by atoms with Gasteiger partial charge in [-0.25, -0.2) is 5.48 Å². The number of carbonyl (C=O) groups excluding carboxylic acids is 2. The lowest BCUT2D eigenvalue weighted by Crippen LogP contribution is -2.45. The third-order valence-electron chi connectivity index (χ3n) is 2.50. The molecule has 0 radical (unpaired) electrons. The summed E-state index contributed by atoms with van der Waals surface area (Å²) in [4.78, 5) is 27.7. The van der Waals surface area contributed by atoms with E-state index in [1.165, 1.54) is 0 Å². The van der Waals surface area contributed by atoms with Crippen LogP contribution in [0.15, 0.2) is 30.3 Å². The molecule has 0 saturated carbocycles. The highest BCUT2D eigenvalue weighted by molar-refractivity contribution is 5.90. The Labute approximate surface area is 98.1 Å². The van der Waals surface area contributed by atoms with Gasteiger partial charge in [0.15, 0.2) is 0 Å². The molecule has 2 rings (SSSR count). The molecule has 1 fully saturated rings. The number of nitrogens with two attached hydrogens (primary N) is 1. The van der Waals surface area contributed by atoms with Crippen LogP contribution >= 0.6 is 0 Å². The van der Waals surface area contributed by atoms with Gasteiger partial charge in [-0.15, -0.1) is 0 Å². The lowest BCUT2D eigenvalue weighted by Gasteiger charge is -2.14. The van der Waals surface area contributed by atoms with Gasteiger partial charge in [-0.1, -0.05) is 30.3 Å². The molecular formula is C11H13N3O3. The normalized spacial score (nSPS) is 20.8. The largest absolute Gasteiger partial charge is 0.340 e. The lowest BCUT2D eigenvalue weighted by atomic mass is 10.1. The summed E-state index contributed by atoms with van der Waals surface area (Å²) < 4.78 is 0. The molecular weight excluding hydrogens is 222 g/mol. The van der Waals surface area contributed by atoms with Gasteiger partial charge in [0.25, 0.3) is 5.91 Å². The first kappa shape index (κ1) is 11.6. The second kappa shape index (κ2) is 4.94. The summed E-state index contributed by atoms with van der Waals surface area (Å²) in [6.07, 6.45) is 0. The quantitative estimate of drug-likeness (QED) is 0.641. The molecule has 2 atom stereocenters. The van der Waals surface area contributed by atoms with Crippen molar-refractivity contribution in [1.82, 2.24) is 10.8 Å². The minimum atomic E-state index is -0.787. The Hall–Kier alpha value is -1.92. The summed E-state index contributed by atoms with van der Waals surface area (Å²) in [5.74, 6) is -0.763. The van der Waals surface area contributed by atoms with Gasteiger partial charge in [0, 0.05) is 0 Å². The maximum Gasteiger partial charge on any atom is 0.268 e. The van der Waals surface area contributed by atoms with Crippen LogP contribution in [-0.4, -0.2) is 24.5 Å². The van der Waals surface area contributed by atoms with E-state index in [0.29, 0.717) is 5.56 Å². The van der Waals surface area contributed by atoms with Crippen LogP contribution in [0.3, 0.4) is 0 Å². The molecule has 1 aliphatic heterocycles. The highest BCUT2D eigenvalue weighted by Gasteiger charge is 2.29. The highest BCUT2D eigenvalue weighted by Crippen LogP contribution is 2.09. The van der Waals surface area contributed by atoms with Crippen molar-refractivity contribution < 1.29 is 14.4 Å². The van der Waals surface area contributed by atoms with E-state index >= 15 is 0 Å². The molecule has 0 aliphatic carbocycles. The summed E-state index contributed by atoms with van der Waals surface area (Å²) in [6, 6.07) is 7.50. The van der Waals surface area contributed by atoms with Crippen LogP contribution in [0.1, 0.15) is 11.6 Å². The van der Waals surface area contributed by atoms with Crippen molar-refractivity contribution in [2.24, 2.45) is 5.73 Å². The van der Waals surface area contributed by atoms with Crippen molar-refractivity contribution in [3.63, 3.8) is 0 Å². The van der Waals surface area contributed by atoms with E-state index in [0.717, 1.165) is 0 Å². The SMILES string of the molecule is N[C@@H](C(=O)N[C@@H]1CONC1=O)c1ccccc1. The molecule has 1 aromatic carbocycles. The number of hydroxylamine groups is 1. The molecule has 6 nitrogen and oxygen atoms in total. The van der Waals surface area contributed by atoms with Gasteiger partial charge in [-0.3, -0.25) is 14.4 Å². The molecule has 17 heavy (non-hydrogen) atoms. The van der Waals surface area contributed by atoms with Crippen LogP contribution in [0.5, 0.6) is 0 Å². The summed E-state index contributed by atoms with van der Waals surface area (Å²) in [5, 5.41) is 2.53. The Morgan fingerprint density at radius 2 is 2.18 bits per heavy atom. The molecule has 0 unspecified atom stereocenters. The predicted molar refractivity (Wildman–Crippen MR) is 59.4 cm³/mol. The molecule has 1 aliphatic rings. The number of hydrogen-bond acceptors (Lipinski definition) is 4. The third kappa shape index (κ3) is 2.61. The molecule has 4 N–H and O–H groups in total. The standard InChI is InChI=1S/C11H13N3O3/c12-9(7-4-2-1-3-5-7)11(16)13-8-6-17-14-10(8)15/h1-5,8-9H,6,12H2,(H,13,16)(H,14,15)/t8-,9-/m1/s1. The highest BCUT2D eigenvalue weighted by atomic mass is 16.7. The van der Waals surface area contributed by atoms with E-state index in [2.05, 4.69) is 10.8 Å². The minimum absolute atomic E-state index is 0.117. The van der Waals surface area contributed by atoms with Gasteiger partial charge in [-0.2, -0.15) is 0 Å². The molecule has 1 aromatic rings. The number of amides is 2. The van der Waals surface area contributed by atoms with Crippen LogP contribution < -0.4 is 16.5 Å². The number of nitrogens with one attached hydrogen (secondary N) is 2. The Balaban J connectivity index is 1.98. The summed E-state index contributed by atoms with van der Waals surface area (Å²) in [5.41, 5.74) is 8.64. The zero-order chi connectivity index (χ0) is 12.3. The average molecular weight is 235 g/mol. The maximum atomic E-state index is 11.8. The Morgan fingerprint density at radius 3 is 2.76 bits per heavy atom. The first-order chi connectivity index (χ1) is 8.18. The molecule has 0 bridgehead atoms. The van der Waals surface area contributed by atoms with Crippen LogP contribution in [0.4, 0.5) is 0 Å². The molecule has 0 aromatic heterocycles. The van der Waals surface area contributed by atoms with Crippen LogP contribution in [0, 0.1) is 0 Å². The fourth-order valence-corrected chi connectivity index (χ4v) is 1.52. The Morgan fingerprint density at radius 1 is 1.47 bits per heavy atom. The van der Waals surface area contributed by atoms with Crippen molar-refractivity contribution >= 4 is 11.8 Å². The van der Waals surface area contributed by atoms with Crippen molar-refractivity contribution in [2.45, 2.75) is 12.1 Å².